The van der Waals surface area contributed by atoms with Gasteiger partial charge in [-0.2, -0.15) is 0 Å². The van der Waals surface area contributed by atoms with Crippen LogP contribution in [0.15, 0.2) is 36.9 Å². The molecule has 20 heavy (non-hydrogen) atoms. The summed E-state index contributed by atoms with van der Waals surface area (Å²) in [5, 5.41) is 9.44. The van der Waals surface area contributed by atoms with Gasteiger partial charge in [-0.3, -0.25) is 4.79 Å². The number of amides is 1. The Hall–Kier alpha value is -2.30. The summed E-state index contributed by atoms with van der Waals surface area (Å²) in [5.74, 6) is -0.524. The van der Waals surface area contributed by atoms with Crippen LogP contribution in [0.3, 0.4) is 0 Å². The number of carbonyl (C=O) groups excluding carboxylic acids is 1. The second-order valence-electron chi connectivity index (χ2n) is 4.76. The molecule has 2 unspecified atom stereocenters. The standard InChI is InChI=1S/C15H17NO4/c1-3-10-8-13(17)16(9-10)14(15(18)19)11-4-6-12(20-2)7-5-11/h3-7,10,14H,1,8-9H2,2H3,(H,18,19). The predicted molar refractivity (Wildman–Crippen MR) is 73.4 cm³/mol. The van der Waals surface area contributed by atoms with E-state index >= 15 is 0 Å². The highest BCUT2D eigenvalue weighted by Crippen LogP contribution is 2.30. The summed E-state index contributed by atoms with van der Waals surface area (Å²) in [4.78, 5) is 24.9. The van der Waals surface area contributed by atoms with E-state index in [4.69, 9.17) is 4.74 Å². The van der Waals surface area contributed by atoms with Crippen LogP contribution in [0.1, 0.15) is 18.0 Å². The van der Waals surface area contributed by atoms with Gasteiger partial charge >= 0.3 is 5.97 Å². The molecule has 0 spiro atoms. The van der Waals surface area contributed by atoms with Gasteiger partial charge in [-0.15, -0.1) is 6.58 Å². The number of carboxylic acid groups (broad SMARTS) is 1. The van der Waals surface area contributed by atoms with E-state index in [9.17, 15) is 14.7 Å². The molecule has 1 fully saturated rings. The van der Waals surface area contributed by atoms with Gasteiger partial charge in [0, 0.05) is 18.9 Å². The molecule has 1 heterocycles. The molecule has 0 radical (unpaired) electrons. The van der Waals surface area contributed by atoms with Gasteiger partial charge in [0.1, 0.15) is 5.75 Å². The smallest absolute Gasteiger partial charge is 0.331 e. The molecular weight excluding hydrogens is 258 g/mol. The molecule has 1 aliphatic heterocycles. The first kappa shape index (κ1) is 14.1. The molecule has 1 aromatic rings. The van der Waals surface area contributed by atoms with E-state index in [0.717, 1.165) is 0 Å². The normalized spacial score (nSPS) is 19.8. The van der Waals surface area contributed by atoms with Gasteiger partial charge in [-0.1, -0.05) is 18.2 Å². The molecular formula is C15H17NO4. The van der Waals surface area contributed by atoms with Gasteiger partial charge < -0.3 is 14.7 Å². The van der Waals surface area contributed by atoms with Crippen LogP contribution in [0.4, 0.5) is 0 Å². The van der Waals surface area contributed by atoms with E-state index in [-0.39, 0.29) is 11.8 Å². The first-order valence-electron chi connectivity index (χ1n) is 6.35. The molecule has 1 amide bonds. The first-order chi connectivity index (χ1) is 9.56. The summed E-state index contributed by atoms with van der Waals surface area (Å²) in [6.07, 6.45) is 2.02. The SMILES string of the molecule is C=CC1CC(=O)N(C(C(=O)O)c2ccc(OC)cc2)C1. The largest absolute Gasteiger partial charge is 0.497 e. The molecule has 1 aliphatic rings. The summed E-state index contributed by atoms with van der Waals surface area (Å²) in [7, 11) is 1.54. The van der Waals surface area contributed by atoms with Crippen molar-refractivity contribution in [2.24, 2.45) is 5.92 Å². The third-order valence-corrected chi connectivity index (χ3v) is 3.50. The van der Waals surface area contributed by atoms with Crippen LogP contribution in [-0.2, 0) is 9.59 Å². The van der Waals surface area contributed by atoms with Crippen LogP contribution < -0.4 is 4.74 Å². The van der Waals surface area contributed by atoms with Crippen molar-refractivity contribution < 1.29 is 19.4 Å². The first-order valence-corrected chi connectivity index (χ1v) is 6.35. The Morgan fingerprint density at radius 2 is 2.15 bits per heavy atom. The van der Waals surface area contributed by atoms with Gasteiger partial charge in [-0.25, -0.2) is 4.79 Å². The quantitative estimate of drug-likeness (QED) is 0.833. The number of aliphatic carboxylic acids is 1. The number of rotatable bonds is 5. The topological polar surface area (TPSA) is 66.8 Å². The number of carboxylic acids is 1. The summed E-state index contributed by atoms with van der Waals surface area (Å²) in [5.41, 5.74) is 0.566. The summed E-state index contributed by atoms with van der Waals surface area (Å²) in [6.45, 7) is 4.06. The Balaban J connectivity index is 2.29. The van der Waals surface area contributed by atoms with Crippen LogP contribution in [0.5, 0.6) is 5.75 Å². The van der Waals surface area contributed by atoms with Crippen molar-refractivity contribution >= 4 is 11.9 Å². The van der Waals surface area contributed by atoms with Crippen molar-refractivity contribution in [3.8, 4) is 5.75 Å². The molecule has 1 N–H and O–H groups in total. The third kappa shape index (κ3) is 2.66. The lowest BCUT2D eigenvalue weighted by Crippen LogP contribution is -2.35. The number of likely N-dealkylation sites (tertiary alicyclic amines) is 1. The minimum atomic E-state index is -1.03. The second-order valence-corrected chi connectivity index (χ2v) is 4.76. The fourth-order valence-electron chi connectivity index (χ4n) is 2.41. The van der Waals surface area contributed by atoms with E-state index in [1.165, 1.54) is 4.90 Å². The molecule has 5 heteroatoms. The lowest BCUT2D eigenvalue weighted by Gasteiger charge is -2.25. The van der Waals surface area contributed by atoms with Gasteiger partial charge in [0.2, 0.25) is 5.91 Å². The van der Waals surface area contributed by atoms with Crippen molar-refractivity contribution in [1.29, 1.82) is 0 Å². The highest BCUT2D eigenvalue weighted by Gasteiger charge is 2.37. The monoisotopic (exact) mass is 275 g/mol. The zero-order valence-electron chi connectivity index (χ0n) is 11.3. The molecule has 0 saturated carbocycles. The highest BCUT2D eigenvalue weighted by atomic mass is 16.5. The Morgan fingerprint density at radius 3 is 2.60 bits per heavy atom. The van der Waals surface area contributed by atoms with E-state index in [1.807, 2.05) is 0 Å². The molecule has 0 aliphatic carbocycles. The van der Waals surface area contributed by atoms with Gasteiger partial charge in [-0.05, 0) is 17.7 Å². The van der Waals surface area contributed by atoms with Gasteiger partial charge in [0.15, 0.2) is 6.04 Å². The number of hydrogen-bond acceptors (Lipinski definition) is 3. The molecule has 106 valence electrons. The van der Waals surface area contributed by atoms with Crippen molar-refractivity contribution in [3.05, 3.63) is 42.5 Å². The molecule has 0 bridgehead atoms. The van der Waals surface area contributed by atoms with Gasteiger partial charge in [0.25, 0.3) is 0 Å². The minimum Gasteiger partial charge on any atom is -0.497 e. The van der Waals surface area contributed by atoms with Crippen LogP contribution >= 0.6 is 0 Å². The van der Waals surface area contributed by atoms with E-state index in [2.05, 4.69) is 6.58 Å². The van der Waals surface area contributed by atoms with Crippen LogP contribution in [0.2, 0.25) is 0 Å². The number of benzene rings is 1. The molecule has 1 aromatic carbocycles. The predicted octanol–water partition coefficient (Wildman–Crippen LogP) is 1.86. The lowest BCUT2D eigenvalue weighted by molar-refractivity contribution is -0.148. The molecule has 5 nitrogen and oxygen atoms in total. The highest BCUT2D eigenvalue weighted by molar-refractivity contribution is 5.86. The zero-order valence-corrected chi connectivity index (χ0v) is 11.3. The maximum absolute atomic E-state index is 12.0. The second kappa shape index (κ2) is 5.77. The fraction of sp³-hybridized carbons (Fsp3) is 0.333. The van der Waals surface area contributed by atoms with Crippen molar-refractivity contribution in [1.82, 2.24) is 4.90 Å². The van der Waals surface area contributed by atoms with Crippen molar-refractivity contribution in [2.75, 3.05) is 13.7 Å². The zero-order chi connectivity index (χ0) is 14.7. The Bertz CT molecular complexity index is 523. The summed E-state index contributed by atoms with van der Waals surface area (Å²) >= 11 is 0. The average Bonchev–Trinajstić information content (AvgIpc) is 2.81. The summed E-state index contributed by atoms with van der Waals surface area (Å²) in [6, 6.07) is 5.77. The number of ether oxygens (including phenoxy) is 1. The number of nitrogens with zero attached hydrogens (tertiary/aromatic N) is 1. The molecule has 0 aromatic heterocycles. The van der Waals surface area contributed by atoms with E-state index in [1.54, 1.807) is 37.5 Å². The third-order valence-electron chi connectivity index (χ3n) is 3.50. The van der Waals surface area contributed by atoms with E-state index < -0.39 is 12.0 Å². The van der Waals surface area contributed by atoms with Crippen molar-refractivity contribution in [3.63, 3.8) is 0 Å². The summed E-state index contributed by atoms with van der Waals surface area (Å²) < 4.78 is 5.05. The number of methoxy groups -OCH3 is 1. The number of carbonyl (C=O) groups is 2. The molecule has 2 atom stereocenters. The average molecular weight is 275 g/mol. The Labute approximate surface area is 117 Å². The minimum absolute atomic E-state index is 0.0163. The molecule has 2 rings (SSSR count). The van der Waals surface area contributed by atoms with Crippen LogP contribution in [-0.4, -0.2) is 35.5 Å². The van der Waals surface area contributed by atoms with Crippen LogP contribution in [0.25, 0.3) is 0 Å². The van der Waals surface area contributed by atoms with Crippen LogP contribution in [0, 0.1) is 5.92 Å². The lowest BCUT2D eigenvalue weighted by atomic mass is 10.1. The fourth-order valence-corrected chi connectivity index (χ4v) is 2.41. The maximum atomic E-state index is 12.0. The number of hydrogen-bond donors (Lipinski definition) is 1. The van der Waals surface area contributed by atoms with Crippen molar-refractivity contribution in [2.45, 2.75) is 12.5 Å². The van der Waals surface area contributed by atoms with E-state index in [0.29, 0.717) is 24.3 Å². The maximum Gasteiger partial charge on any atom is 0.331 e. The Morgan fingerprint density at radius 1 is 1.50 bits per heavy atom. The molecule has 1 saturated heterocycles. The Kier molecular flexibility index (Phi) is 4.08. The van der Waals surface area contributed by atoms with Gasteiger partial charge in [0.05, 0.1) is 7.11 Å².